The maximum atomic E-state index is 13.2. The molecule has 0 radical (unpaired) electrons. The van der Waals surface area contributed by atoms with E-state index in [-0.39, 0.29) is 0 Å². The Kier molecular flexibility index (Phi) is 3.14. The minimum atomic E-state index is -2.93. The number of hydrogen-bond donors (Lipinski definition) is 1. The van der Waals surface area contributed by atoms with E-state index in [4.69, 9.17) is 5.73 Å². The minimum Gasteiger partial charge on any atom is -0.325 e. The van der Waals surface area contributed by atoms with Crippen LogP contribution in [0.15, 0.2) is 37.1 Å². The highest BCUT2D eigenvalue weighted by molar-refractivity contribution is 5.57. The number of nitrogens with zero attached hydrogens (tertiary/aromatic N) is 3. The van der Waals surface area contributed by atoms with Crippen LogP contribution in [0.3, 0.4) is 0 Å². The van der Waals surface area contributed by atoms with Crippen molar-refractivity contribution in [3.8, 4) is 11.3 Å². The van der Waals surface area contributed by atoms with Gasteiger partial charge < -0.3 is 10.3 Å². The molecular weight excluding hydrogens is 226 g/mol. The molecule has 90 valence electrons. The second-order valence-corrected chi connectivity index (χ2v) is 3.71. The largest absolute Gasteiger partial charge is 0.325 e. The average Bonchev–Trinajstić information content (AvgIpc) is 2.77. The summed E-state index contributed by atoms with van der Waals surface area (Å²) in [6.45, 7) is -1.16. The predicted molar refractivity (Wildman–Crippen MR) is 59.5 cm³/mol. The Morgan fingerprint density at radius 1 is 1.29 bits per heavy atom. The molecule has 0 spiro atoms. The molecule has 0 aliphatic carbocycles. The van der Waals surface area contributed by atoms with E-state index in [2.05, 4.69) is 9.97 Å². The number of halogens is 2. The minimum absolute atomic E-state index is 0.478. The van der Waals surface area contributed by atoms with Crippen molar-refractivity contribution in [3.05, 3.63) is 37.1 Å². The van der Waals surface area contributed by atoms with Gasteiger partial charge in [-0.1, -0.05) is 0 Å². The summed E-state index contributed by atoms with van der Waals surface area (Å²) in [4.78, 5) is 7.82. The lowest BCUT2D eigenvalue weighted by Gasteiger charge is -2.16. The number of pyridine rings is 1. The first kappa shape index (κ1) is 11.7. The lowest BCUT2D eigenvalue weighted by Crippen LogP contribution is -2.32. The third-order valence-corrected chi connectivity index (χ3v) is 2.37. The van der Waals surface area contributed by atoms with E-state index < -0.39 is 19.0 Å². The van der Waals surface area contributed by atoms with E-state index in [9.17, 15) is 8.78 Å². The second kappa shape index (κ2) is 4.58. The zero-order valence-electron chi connectivity index (χ0n) is 9.05. The standard InChI is InChI=1S/C11H12F2N4/c12-11(13,6-14)7-17-8-16-5-10(17)9-2-1-3-15-4-9/h1-5,8H,6-7,14H2. The summed E-state index contributed by atoms with van der Waals surface area (Å²) in [6.07, 6.45) is 6.13. The van der Waals surface area contributed by atoms with Gasteiger partial charge in [0.2, 0.25) is 0 Å². The molecule has 0 saturated heterocycles. The molecule has 0 aliphatic heterocycles. The second-order valence-electron chi connectivity index (χ2n) is 3.71. The Bertz CT molecular complexity index is 481. The van der Waals surface area contributed by atoms with Crippen LogP contribution in [-0.2, 0) is 6.54 Å². The number of aromatic nitrogens is 3. The Balaban J connectivity index is 2.30. The van der Waals surface area contributed by atoms with E-state index in [0.29, 0.717) is 5.69 Å². The van der Waals surface area contributed by atoms with Crippen LogP contribution >= 0.6 is 0 Å². The van der Waals surface area contributed by atoms with Gasteiger partial charge in [-0.25, -0.2) is 13.8 Å². The summed E-state index contributed by atoms with van der Waals surface area (Å²) in [5, 5.41) is 0. The predicted octanol–water partition coefficient (Wildman–Crippen LogP) is 1.54. The van der Waals surface area contributed by atoms with Crippen LogP contribution in [-0.4, -0.2) is 27.0 Å². The number of rotatable bonds is 4. The molecule has 2 aromatic rings. The van der Waals surface area contributed by atoms with Crippen LogP contribution in [0.1, 0.15) is 0 Å². The van der Waals surface area contributed by atoms with Crippen LogP contribution in [0.5, 0.6) is 0 Å². The van der Waals surface area contributed by atoms with Gasteiger partial charge in [0.25, 0.3) is 5.92 Å². The molecule has 2 N–H and O–H groups in total. The van der Waals surface area contributed by atoms with Gasteiger partial charge >= 0.3 is 0 Å². The number of alkyl halides is 2. The van der Waals surface area contributed by atoms with Gasteiger partial charge in [0.05, 0.1) is 31.3 Å². The summed E-state index contributed by atoms with van der Waals surface area (Å²) in [5.74, 6) is -2.93. The fraction of sp³-hybridized carbons (Fsp3) is 0.273. The molecule has 2 heterocycles. The van der Waals surface area contributed by atoms with Crippen molar-refractivity contribution < 1.29 is 8.78 Å². The maximum Gasteiger partial charge on any atom is 0.277 e. The average molecular weight is 238 g/mol. The van der Waals surface area contributed by atoms with E-state index in [1.165, 1.54) is 17.1 Å². The zero-order chi connectivity index (χ0) is 12.3. The molecule has 0 atom stereocenters. The number of nitrogens with two attached hydrogens (primary N) is 1. The molecule has 0 fully saturated rings. The summed E-state index contributed by atoms with van der Waals surface area (Å²) in [5.41, 5.74) is 6.37. The molecule has 2 aromatic heterocycles. The third kappa shape index (κ3) is 2.65. The molecule has 0 unspecified atom stereocenters. The van der Waals surface area contributed by atoms with Crippen molar-refractivity contribution in [3.63, 3.8) is 0 Å². The van der Waals surface area contributed by atoms with Crippen molar-refractivity contribution in [1.82, 2.24) is 14.5 Å². The van der Waals surface area contributed by atoms with Gasteiger partial charge in [0, 0.05) is 18.0 Å². The summed E-state index contributed by atoms with van der Waals surface area (Å²) >= 11 is 0. The van der Waals surface area contributed by atoms with Crippen molar-refractivity contribution in [2.75, 3.05) is 6.54 Å². The number of hydrogen-bond acceptors (Lipinski definition) is 3. The monoisotopic (exact) mass is 238 g/mol. The number of imidazole rings is 1. The van der Waals surface area contributed by atoms with Gasteiger partial charge in [-0.15, -0.1) is 0 Å². The zero-order valence-corrected chi connectivity index (χ0v) is 9.05. The van der Waals surface area contributed by atoms with Crippen LogP contribution in [0.4, 0.5) is 8.78 Å². The molecular formula is C11H12F2N4. The smallest absolute Gasteiger partial charge is 0.277 e. The third-order valence-electron chi connectivity index (χ3n) is 2.37. The lowest BCUT2D eigenvalue weighted by molar-refractivity contribution is -0.00624. The van der Waals surface area contributed by atoms with Gasteiger partial charge in [-0.2, -0.15) is 0 Å². The fourth-order valence-corrected chi connectivity index (χ4v) is 1.52. The van der Waals surface area contributed by atoms with Gasteiger partial charge in [0.1, 0.15) is 0 Å². The van der Waals surface area contributed by atoms with E-state index in [1.54, 1.807) is 24.5 Å². The molecule has 0 aliphatic rings. The van der Waals surface area contributed by atoms with Crippen LogP contribution in [0, 0.1) is 0 Å². The summed E-state index contributed by atoms with van der Waals surface area (Å²) in [7, 11) is 0. The fourth-order valence-electron chi connectivity index (χ4n) is 1.52. The van der Waals surface area contributed by atoms with Crippen LogP contribution in [0.2, 0.25) is 0 Å². The quantitative estimate of drug-likeness (QED) is 0.879. The van der Waals surface area contributed by atoms with Crippen LogP contribution in [0.25, 0.3) is 11.3 Å². The topological polar surface area (TPSA) is 56.7 Å². The van der Waals surface area contributed by atoms with Gasteiger partial charge in [-0.05, 0) is 12.1 Å². The molecule has 0 bridgehead atoms. The Hall–Kier alpha value is -1.82. The summed E-state index contributed by atoms with van der Waals surface area (Å²) in [6, 6.07) is 3.54. The molecule has 6 heteroatoms. The highest BCUT2D eigenvalue weighted by Gasteiger charge is 2.28. The van der Waals surface area contributed by atoms with Crippen molar-refractivity contribution >= 4 is 0 Å². The first-order valence-electron chi connectivity index (χ1n) is 5.11. The maximum absolute atomic E-state index is 13.2. The van der Waals surface area contributed by atoms with E-state index in [1.807, 2.05) is 0 Å². The normalized spacial score (nSPS) is 11.7. The Labute approximate surface area is 97.1 Å². The SMILES string of the molecule is NCC(F)(F)Cn1cncc1-c1cccnc1. The van der Waals surface area contributed by atoms with Crippen molar-refractivity contribution in [2.24, 2.45) is 5.73 Å². The molecule has 0 amide bonds. The van der Waals surface area contributed by atoms with Gasteiger partial charge in [0.15, 0.2) is 0 Å². The molecule has 4 nitrogen and oxygen atoms in total. The Morgan fingerprint density at radius 3 is 2.76 bits per heavy atom. The summed E-state index contributed by atoms with van der Waals surface area (Å²) < 4.78 is 27.8. The molecule has 2 rings (SSSR count). The van der Waals surface area contributed by atoms with Crippen molar-refractivity contribution in [1.29, 1.82) is 0 Å². The first-order valence-corrected chi connectivity index (χ1v) is 5.11. The molecule has 0 saturated carbocycles. The van der Waals surface area contributed by atoms with Gasteiger partial charge in [-0.3, -0.25) is 4.98 Å². The Morgan fingerprint density at radius 2 is 2.12 bits per heavy atom. The van der Waals surface area contributed by atoms with E-state index >= 15 is 0 Å². The molecule has 0 aromatic carbocycles. The first-order chi connectivity index (χ1) is 8.12. The van der Waals surface area contributed by atoms with Crippen molar-refractivity contribution in [2.45, 2.75) is 12.5 Å². The highest BCUT2D eigenvalue weighted by atomic mass is 19.3. The highest BCUT2D eigenvalue weighted by Crippen LogP contribution is 2.21. The van der Waals surface area contributed by atoms with Crippen LogP contribution < -0.4 is 5.73 Å². The molecule has 17 heavy (non-hydrogen) atoms. The van der Waals surface area contributed by atoms with E-state index in [0.717, 1.165) is 5.56 Å². The lowest BCUT2D eigenvalue weighted by atomic mass is 10.2.